The Kier molecular flexibility index (Phi) is 4.30. The number of hydrogen-bond donors (Lipinski definition) is 1. The van der Waals surface area contributed by atoms with Gasteiger partial charge in [0.05, 0.1) is 12.2 Å². The Morgan fingerprint density at radius 3 is 2.54 bits per heavy atom. The molecule has 2 aromatic carbocycles. The van der Waals surface area contributed by atoms with Crippen LogP contribution < -0.4 is 5.46 Å². The first kappa shape index (κ1) is 16.5. The summed E-state index contributed by atoms with van der Waals surface area (Å²) in [7, 11) is -0.973. The van der Waals surface area contributed by atoms with Crippen LogP contribution in [0.25, 0.3) is 6.08 Å². The number of benzene rings is 2. The van der Waals surface area contributed by atoms with Crippen LogP contribution in [0.5, 0.6) is 0 Å². The second-order valence-corrected chi connectivity index (χ2v) is 5.39. The summed E-state index contributed by atoms with van der Waals surface area (Å²) in [6, 6.07) is 9.34. The molecule has 0 saturated carbocycles. The summed E-state index contributed by atoms with van der Waals surface area (Å²) in [6.07, 6.45) is -1.59. The van der Waals surface area contributed by atoms with Crippen LogP contribution in [0.3, 0.4) is 0 Å². The molecule has 1 N–H and O–H groups in total. The van der Waals surface area contributed by atoms with Gasteiger partial charge in [-0.1, -0.05) is 36.4 Å². The molecule has 2 aromatic rings. The summed E-state index contributed by atoms with van der Waals surface area (Å²) in [4.78, 5) is 12.0. The van der Waals surface area contributed by atoms with Gasteiger partial charge in [-0.05, 0) is 34.8 Å². The van der Waals surface area contributed by atoms with Gasteiger partial charge in [0.1, 0.15) is 0 Å². The molecule has 0 fully saturated rings. The van der Waals surface area contributed by atoms with Gasteiger partial charge in [0.2, 0.25) is 0 Å². The van der Waals surface area contributed by atoms with E-state index in [9.17, 15) is 23.0 Å². The Morgan fingerprint density at radius 1 is 1.17 bits per heavy atom. The van der Waals surface area contributed by atoms with Crippen molar-refractivity contribution in [2.45, 2.75) is 12.8 Å². The van der Waals surface area contributed by atoms with Crippen molar-refractivity contribution in [3.05, 3.63) is 70.8 Å². The van der Waals surface area contributed by atoms with Crippen molar-refractivity contribution < 1.29 is 27.6 Å². The van der Waals surface area contributed by atoms with Crippen molar-refractivity contribution in [3.8, 4) is 0 Å². The molecular formula is C17H12BF3O3. The molecule has 3 nitrogen and oxygen atoms in total. The highest BCUT2D eigenvalue weighted by Crippen LogP contribution is 2.29. The minimum atomic E-state index is -4.43. The standard InChI is InChI=1S/C17H12BF3O3/c19-17(20,21)14-6-4-12(5-7-14)16(22)8-2-11-1-3-13-10-24-18(23)15(13)9-11/h1-9,23H,10H2/b8-2+. The van der Waals surface area contributed by atoms with Crippen molar-refractivity contribution >= 4 is 24.4 Å². The molecule has 3 rings (SSSR count). The molecule has 0 radical (unpaired) electrons. The average molecular weight is 332 g/mol. The summed E-state index contributed by atoms with van der Waals surface area (Å²) in [5, 5.41) is 9.65. The lowest BCUT2D eigenvalue weighted by Gasteiger charge is -2.06. The zero-order valence-electron chi connectivity index (χ0n) is 12.4. The zero-order chi connectivity index (χ0) is 17.3. The maximum absolute atomic E-state index is 12.5. The Labute approximate surface area is 136 Å². The van der Waals surface area contributed by atoms with Crippen LogP contribution in [0.4, 0.5) is 13.2 Å². The minimum Gasteiger partial charge on any atom is -0.423 e. The Hall–Kier alpha value is -2.38. The molecule has 0 unspecified atom stereocenters. The molecule has 24 heavy (non-hydrogen) atoms. The van der Waals surface area contributed by atoms with Gasteiger partial charge in [0, 0.05) is 5.56 Å². The second kappa shape index (κ2) is 6.26. The number of ketones is 1. The van der Waals surface area contributed by atoms with Gasteiger partial charge >= 0.3 is 13.3 Å². The molecule has 0 aliphatic carbocycles. The quantitative estimate of drug-likeness (QED) is 0.534. The number of alkyl halides is 3. The van der Waals surface area contributed by atoms with Gasteiger partial charge in [-0.25, -0.2) is 0 Å². The summed E-state index contributed by atoms with van der Waals surface area (Å²) in [5.74, 6) is -0.402. The first-order valence-corrected chi connectivity index (χ1v) is 7.17. The van der Waals surface area contributed by atoms with E-state index in [1.54, 1.807) is 24.3 Å². The highest BCUT2D eigenvalue weighted by molar-refractivity contribution is 6.61. The lowest BCUT2D eigenvalue weighted by Crippen LogP contribution is -2.28. The highest BCUT2D eigenvalue weighted by Gasteiger charge is 2.30. The summed E-state index contributed by atoms with van der Waals surface area (Å²) < 4.78 is 42.6. The molecule has 0 spiro atoms. The van der Waals surface area contributed by atoms with Crippen LogP contribution in [-0.4, -0.2) is 17.9 Å². The van der Waals surface area contributed by atoms with Crippen molar-refractivity contribution in [1.29, 1.82) is 0 Å². The van der Waals surface area contributed by atoms with Crippen LogP contribution in [0.15, 0.2) is 48.5 Å². The molecule has 0 bridgehead atoms. The van der Waals surface area contributed by atoms with Gasteiger partial charge in [-0.15, -0.1) is 0 Å². The van der Waals surface area contributed by atoms with Crippen molar-refractivity contribution in [2.75, 3.05) is 0 Å². The third kappa shape index (κ3) is 3.42. The fraction of sp³-hybridized carbons (Fsp3) is 0.118. The normalized spacial score (nSPS) is 14.2. The predicted molar refractivity (Wildman–Crippen MR) is 83.6 cm³/mol. The maximum atomic E-state index is 12.5. The number of hydrogen-bond acceptors (Lipinski definition) is 3. The predicted octanol–water partition coefficient (Wildman–Crippen LogP) is 2.82. The van der Waals surface area contributed by atoms with E-state index < -0.39 is 24.6 Å². The van der Waals surface area contributed by atoms with E-state index in [1.165, 1.54) is 6.08 Å². The monoisotopic (exact) mass is 332 g/mol. The number of allylic oxidation sites excluding steroid dienone is 1. The Balaban J connectivity index is 1.75. The number of halogens is 3. The van der Waals surface area contributed by atoms with E-state index >= 15 is 0 Å². The van der Waals surface area contributed by atoms with E-state index in [4.69, 9.17) is 4.65 Å². The van der Waals surface area contributed by atoms with E-state index in [2.05, 4.69) is 0 Å². The first-order chi connectivity index (χ1) is 11.3. The molecule has 0 amide bonds. The highest BCUT2D eigenvalue weighted by atomic mass is 19.4. The molecule has 7 heteroatoms. The van der Waals surface area contributed by atoms with E-state index in [0.717, 1.165) is 29.8 Å². The van der Waals surface area contributed by atoms with Crippen molar-refractivity contribution in [3.63, 3.8) is 0 Å². The van der Waals surface area contributed by atoms with Crippen LogP contribution in [-0.2, 0) is 17.4 Å². The minimum absolute atomic E-state index is 0.170. The molecule has 0 atom stereocenters. The third-order valence-corrected chi connectivity index (χ3v) is 3.76. The Morgan fingerprint density at radius 2 is 1.88 bits per heavy atom. The summed E-state index contributed by atoms with van der Waals surface area (Å²) in [5.41, 5.74) is 1.60. The van der Waals surface area contributed by atoms with Gasteiger partial charge in [-0.2, -0.15) is 13.2 Å². The van der Waals surface area contributed by atoms with Gasteiger partial charge in [0.15, 0.2) is 5.78 Å². The van der Waals surface area contributed by atoms with Crippen molar-refractivity contribution in [1.82, 2.24) is 0 Å². The smallest absolute Gasteiger partial charge is 0.423 e. The van der Waals surface area contributed by atoms with Crippen LogP contribution in [0, 0.1) is 0 Å². The molecule has 1 aliphatic rings. The molecule has 122 valence electrons. The molecular weight excluding hydrogens is 320 g/mol. The van der Waals surface area contributed by atoms with E-state index in [0.29, 0.717) is 17.6 Å². The SMILES string of the molecule is O=C(/C=C/c1ccc2c(c1)B(O)OC2)c1ccc(C(F)(F)F)cc1. The van der Waals surface area contributed by atoms with Crippen LogP contribution in [0.1, 0.15) is 27.0 Å². The van der Waals surface area contributed by atoms with Gasteiger partial charge < -0.3 is 9.68 Å². The fourth-order valence-corrected chi connectivity index (χ4v) is 2.43. The summed E-state index contributed by atoms with van der Waals surface area (Å²) >= 11 is 0. The summed E-state index contributed by atoms with van der Waals surface area (Å²) in [6.45, 7) is 0.338. The third-order valence-electron chi connectivity index (χ3n) is 3.76. The van der Waals surface area contributed by atoms with Gasteiger partial charge in [0.25, 0.3) is 0 Å². The number of rotatable bonds is 3. The van der Waals surface area contributed by atoms with E-state index in [-0.39, 0.29) is 5.56 Å². The second-order valence-electron chi connectivity index (χ2n) is 5.39. The zero-order valence-corrected chi connectivity index (χ0v) is 12.4. The molecule has 0 aromatic heterocycles. The molecule has 0 saturated heterocycles. The van der Waals surface area contributed by atoms with Crippen LogP contribution in [0.2, 0.25) is 0 Å². The fourth-order valence-electron chi connectivity index (χ4n) is 2.43. The Bertz CT molecular complexity index is 798. The van der Waals surface area contributed by atoms with Gasteiger partial charge in [-0.3, -0.25) is 4.79 Å². The molecule has 1 heterocycles. The number of fused-ring (bicyclic) bond motifs is 1. The number of carbonyl (C=O) groups excluding carboxylic acids is 1. The largest absolute Gasteiger partial charge is 0.491 e. The average Bonchev–Trinajstić information content (AvgIpc) is 2.93. The number of carbonyl (C=O) groups is 1. The topological polar surface area (TPSA) is 46.5 Å². The van der Waals surface area contributed by atoms with Crippen LogP contribution >= 0.6 is 0 Å². The maximum Gasteiger partial charge on any atom is 0.491 e. The van der Waals surface area contributed by atoms with Crippen molar-refractivity contribution in [2.24, 2.45) is 0 Å². The van der Waals surface area contributed by atoms with E-state index in [1.807, 2.05) is 0 Å². The molecule has 1 aliphatic heterocycles. The lowest BCUT2D eigenvalue weighted by molar-refractivity contribution is -0.137. The first-order valence-electron chi connectivity index (χ1n) is 7.17. The lowest BCUT2D eigenvalue weighted by atomic mass is 9.79.